The first-order valence-corrected chi connectivity index (χ1v) is 13.2. The number of aliphatic carboxylic acids is 1. The Hall–Kier alpha value is -4.22. The van der Waals surface area contributed by atoms with Gasteiger partial charge in [0.2, 0.25) is 5.89 Å². The maximum Gasteiger partial charge on any atom is 0.332 e. The number of oxazole rings is 1. The number of carboxylic acid groups (broad SMARTS) is 1. The van der Waals surface area contributed by atoms with Gasteiger partial charge in [0, 0.05) is 24.3 Å². The van der Waals surface area contributed by atoms with Crippen LogP contribution in [0.25, 0.3) is 22.4 Å². The van der Waals surface area contributed by atoms with Crippen molar-refractivity contribution in [2.45, 2.75) is 50.0 Å². The summed E-state index contributed by atoms with van der Waals surface area (Å²) in [5.74, 6) is -0.304. The van der Waals surface area contributed by atoms with Crippen molar-refractivity contribution < 1.29 is 28.5 Å². The van der Waals surface area contributed by atoms with Crippen LogP contribution in [0.15, 0.2) is 68.9 Å². The molecule has 1 saturated heterocycles. The average Bonchev–Trinajstić information content (AvgIpc) is 3.59. The number of carbonyl (C=O) groups is 1. The third-order valence-corrected chi connectivity index (χ3v) is 7.73. The van der Waals surface area contributed by atoms with Crippen LogP contribution in [0.2, 0.25) is 0 Å². The molecule has 4 aromatic rings. The highest BCUT2D eigenvalue weighted by molar-refractivity contribution is 5.84. The average molecular weight is 548 g/mol. The van der Waals surface area contributed by atoms with Gasteiger partial charge in [-0.3, -0.25) is 9.36 Å². The first kappa shape index (κ1) is 26.0. The molecule has 2 aromatic heterocycles. The van der Waals surface area contributed by atoms with Crippen molar-refractivity contribution >= 4 is 16.9 Å². The van der Waals surface area contributed by atoms with Crippen LogP contribution in [-0.4, -0.2) is 51.6 Å². The zero-order valence-electron chi connectivity index (χ0n) is 21.9. The molecule has 0 spiro atoms. The molecule has 208 valence electrons. The first-order chi connectivity index (χ1) is 19.4. The minimum absolute atomic E-state index is 0.0292. The van der Waals surface area contributed by atoms with Gasteiger partial charge < -0.3 is 23.7 Å². The number of benzene rings is 2. The quantitative estimate of drug-likeness (QED) is 0.335. The van der Waals surface area contributed by atoms with E-state index in [0.29, 0.717) is 48.8 Å². The van der Waals surface area contributed by atoms with Gasteiger partial charge in [-0.2, -0.15) is 0 Å². The van der Waals surface area contributed by atoms with Crippen LogP contribution < -0.4 is 16.0 Å². The first-order valence-electron chi connectivity index (χ1n) is 13.2. The minimum atomic E-state index is -1.58. The van der Waals surface area contributed by atoms with E-state index in [1.807, 2.05) is 24.3 Å². The van der Waals surface area contributed by atoms with E-state index in [4.69, 9.17) is 18.6 Å². The van der Waals surface area contributed by atoms with Crippen LogP contribution >= 0.6 is 0 Å². The van der Waals surface area contributed by atoms with Crippen LogP contribution in [0.3, 0.4) is 0 Å². The van der Waals surface area contributed by atoms with Crippen molar-refractivity contribution in [2.75, 3.05) is 20.3 Å². The molecule has 2 aromatic carbocycles. The second kappa shape index (κ2) is 10.4. The van der Waals surface area contributed by atoms with Gasteiger partial charge >= 0.3 is 11.7 Å². The molecule has 0 amide bonds. The summed E-state index contributed by atoms with van der Waals surface area (Å²) in [7, 11) is 1.57. The van der Waals surface area contributed by atoms with E-state index in [1.54, 1.807) is 25.3 Å². The SMILES string of the molecule is COc1ccccc1[C@H](Cn1c(=O)n(C2(C(=O)O)CC2)c(=O)c2cc(-c3ncco3)ccc21)OC1CCOCC1. The van der Waals surface area contributed by atoms with E-state index in [1.165, 1.54) is 17.0 Å². The summed E-state index contributed by atoms with van der Waals surface area (Å²) in [5, 5.41) is 10.2. The largest absolute Gasteiger partial charge is 0.496 e. The van der Waals surface area contributed by atoms with Crippen molar-refractivity contribution in [1.29, 1.82) is 0 Å². The Morgan fingerprint density at radius 1 is 1.18 bits per heavy atom. The van der Waals surface area contributed by atoms with Gasteiger partial charge in [-0.25, -0.2) is 19.1 Å². The Morgan fingerprint density at radius 3 is 2.62 bits per heavy atom. The molecule has 0 radical (unpaired) electrons. The molecular formula is C29H29N3O8. The normalized spacial score (nSPS) is 17.5. The highest BCUT2D eigenvalue weighted by Gasteiger charge is 2.54. The molecule has 0 bridgehead atoms. The Labute approximate surface area is 228 Å². The number of ether oxygens (including phenoxy) is 3. The monoisotopic (exact) mass is 547 g/mol. The van der Waals surface area contributed by atoms with Gasteiger partial charge in [0.15, 0.2) is 0 Å². The molecule has 3 heterocycles. The van der Waals surface area contributed by atoms with Gasteiger partial charge in [0.25, 0.3) is 5.56 Å². The molecule has 1 aliphatic heterocycles. The summed E-state index contributed by atoms with van der Waals surface area (Å²) >= 11 is 0. The summed E-state index contributed by atoms with van der Waals surface area (Å²) in [6.07, 6.45) is 3.96. The van der Waals surface area contributed by atoms with Crippen LogP contribution in [0, 0.1) is 0 Å². The number of para-hydroxylation sites is 1. The van der Waals surface area contributed by atoms with Gasteiger partial charge in [-0.05, 0) is 49.9 Å². The summed E-state index contributed by atoms with van der Waals surface area (Å²) in [6, 6.07) is 12.4. The van der Waals surface area contributed by atoms with Crippen molar-refractivity contribution in [3.63, 3.8) is 0 Å². The Bertz CT molecular complexity index is 1660. The van der Waals surface area contributed by atoms with E-state index < -0.39 is 28.9 Å². The second-order valence-electron chi connectivity index (χ2n) is 10.1. The van der Waals surface area contributed by atoms with E-state index in [0.717, 1.165) is 10.1 Å². The molecule has 2 aliphatic rings. The maximum absolute atomic E-state index is 14.0. The standard InChI is InChI=1S/C29H29N3O8/c1-37-23-5-3-2-4-20(23)24(40-19-8-13-38-14-9-19)17-31-22-7-6-18(25-30-12-15-39-25)16-21(22)26(33)32(28(31)36)29(10-11-29)27(34)35/h2-7,12,15-16,19,24H,8-11,13-14,17H2,1H3,(H,34,35)/t24-/m0/s1. The predicted molar refractivity (Wildman–Crippen MR) is 143 cm³/mol. The zero-order valence-corrected chi connectivity index (χ0v) is 21.9. The number of hydrogen-bond acceptors (Lipinski definition) is 8. The van der Waals surface area contributed by atoms with E-state index in [-0.39, 0.29) is 30.9 Å². The molecular weight excluding hydrogens is 518 g/mol. The zero-order chi connectivity index (χ0) is 27.9. The number of fused-ring (bicyclic) bond motifs is 1. The lowest BCUT2D eigenvalue weighted by molar-refractivity contribution is -0.142. The molecule has 2 fully saturated rings. The molecule has 0 unspecified atom stereocenters. The van der Waals surface area contributed by atoms with E-state index in [9.17, 15) is 19.5 Å². The third kappa shape index (κ3) is 4.50. The molecule has 1 aliphatic carbocycles. The lowest BCUT2D eigenvalue weighted by Gasteiger charge is -2.30. The molecule has 1 saturated carbocycles. The van der Waals surface area contributed by atoms with Crippen LogP contribution in [0.4, 0.5) is 0 Å². The minimum Gasteiger partial charge on any atom is -0.496 e. The van der Waals surface area contributed by atoms with Crippen LogP contribution in [0.1, 0.15) is 37.4 Å². The van der Waals surface area contributed by atoms with Gasteiger partial charge in [-0.15, -0.1) is 0 Å². The summed E-state index contributed by atoms with van der Waals surface area (Å²) in [6.45, 7) is 1.17. The molecule has 40 heavy (non-hydrogen) atoms. The Balaban J connectivity index is 1.54. The summed E-state index contributed by atoms with van der Waals surface area (Å²) in [4.78, 5) is 44.3. The number of methoxy groups -OCH3 is 1. The summed E-state index contributed by atoms with van der Waals surface area (Å²) < 4.78 is 25.5. The topological polar surface area (TPSA) is 135 Å². The Morgan fingerprint density at radius 2 is 1.95 bits per heavy atom. The second-order valence-corrected chi connectivity index (χ2v) is 10.1. The Kier molecular flexibility index (Phi) is 6.77. The molecule has 11 heteroatoms. The smallest absolute Gasteiger partial charge is 0.332 e. The van der Waals surface area contributed by atoms with Gasteiger partial charge in [0.05, 0.1) is 36.9 Å². The fourth-order valence-corrected chi connectivity index (χ4v) is 5.44. The van der Waals surface area contributed by atoms with Gasteiger partial charge in [-0.1, -0.05) is 18.2 Å². The van der Waals surface area contributed by atoms with E-state index in [2.05, 4.69) is 4.98 Å². The van der Waals surface area contributed by atoms with Crippen molar-refractivity contribution in [1.82, 2.24) is 14.1 Å². The summed E-state index contributed by atoms with van der Waals surface area (Å²) in [5.41, 5.74) is -1.31. The maximum atomic E-state index is 14.0. The van der Waals surface area contributed by atoms with Crippen molar-refractivity contribution in [3.8, 4) is 17.2 Å². The van der Waals surface area contributed by atoms with Gasteiger partial charge in [0.1, 0.15) is 23.7 Å². The number of nitrogens with zero attached hydrogens (tertiary/aromatic N) is 3. The third-order valence-electron chi connectivity index (χ3n) is 7.73. The fourth-order valence-electron chi connectivity index (χ4n) is 5.44. The van der Waals surface area contributed by atoms with E-state index >= 15 is 0 Å². The predicted octanol–water partition coefficient (Wildman–Crippen LogP) is 3.34. The molecule has 6 rings (SSSR count). The highest BCUT2D eigenvalue weighted by atomic mass is 16.5. The number of hydrogen-bond donors (Lipinski definition) is 1. The lowest BCUT2D eigenvalue weighted by atomic mass is 10.1. The van der Waals surface area contributed by atoms with Crippen LogP contribution in [0.5, 0.6) is 5.75 Å². The highest BCUT2D eigenvalue weighted by Crippen LogP contribution is 2.42. The molecule has 1 atom stereocenters. The number of rotatable bonds is 9. The van der Waals surface area contributed by atoms with Crippen LogP contribution in [-0.2, 0) is 26.4 Å². The lowest BCUT2D eigenvalue weighted by Crippen LogP contribution is -2.49. The fraction of sp³-hybridized carbons (Fsp3) is 0.379. The molecule has 11 nitrogen and oxygen atoms in total. The molecule has 1 N–H and O–H groups in total. The van der Waals surface area contributed by atoms with Crippen molar-refractivity contribution in [2.24, 2.45) is 0 Å². The number of carboxylic acids is 1. The number of aromatic nitrogens is 3. The van der Waals surface area contributed by atoms with Crippen molar-refractivity contribution in [3.05, 3.63) is 81.3 Å².